The Morgan fingerprint density at radius 3 is 2.93 bits per heavy atom. The average Bonchev–Trinajstić information content (AvgIpc) is 2.23. The van der Waals surface area contributed by atoms with E-state index < -0.39 is 0 Å². The topological polar surface area (TPSA) is 20.2 Å². The number of aliphatic hydroxyl groups is 1. The Kier molecular flexibility index (Phi) is 2.87. The maximum absolute atomic E-state index is 8.98. The molecule has 0 heterocycles. The predicted octanol–water partition coefficient (Wildman–Crippen LogP) is 2.73. The molecule has 0 amide bonds. The number of fused-ring (bicyclic) bond motifs is 1. The largest absolute Gasteiger partial charge is 0.396 e. The Hall–Kier alpha value is -0.820. The lowest BCUT2D eigenvalue weighted by atomic mass is 9.75. The van der Waals surface area contributed by atoms with Gasteiger partial charge in [-0.1, -0.05) is 31.2 Å². The molecule has 1 aliphatic rings. The molecule has 0 saturated carbocycles. The van der Waals surface area contributed by atoms with E-state index in [0.29, 0.717) is 18.4 Å². The van der Waals surface area contributed by atoms with E-state index in [0.717, 1.165) is 6.42 Å². The van der Waals surface area contributed by atoms with Crippen molar-refractivity contribution >= 4 is 0 Å². The summed E-state index contributed by atoms with van der Waals surface area (Å²) in [5.41, 5.74) is 3.01. The molecule has 2 rings (SSSR count). The van der Waals surface area contributed by atoms with Crippen molar-refractivity contribution in [1.82, 2.24) is 0 Å². The van der Waals surface area contributed by atoms with E-state index in [-0.39, 0.29) is 0 Å². The molecule has 76 valence electrons. The smallest absolute Gasteiger partial charge is 0.0433 e. The summed E-state index contributed by atoms with van der Waals surface area (Å²) in [7, 11) is 0. The maximum Gasteiger partial charge on any atom is 0.0433 e. The van der Waals surface area contributed by atoms with Crippen molar-refractivity contribution in [2.24, 2.45) is 5.92 Å². The van der Waals surface area contributed by atoms with Crippen molar-refractivity contribution in [3.05, 3.63) is 35.4 Å². The molecule has 0 fully saturated rings. The molecule has 0 saturated heterocycles. The normalized spacial score (nSPS) is 25.9. The predicted molar refractivity (Wildman–Crippen MR) is 58.4 cm³/mol. The summed E-state index contributed by atoms with van der Waals surface area (Å²) in [6.07, 6.45) is 3.37. The van der Waals surface area contributed by atoms with Crippen molar-refractivity contribution in [3.8, 4) is 0 Å². The third kappa shape index (κ3) is 1.69. The molecule has 0 radical (unpaired) electrons. The van der Waals surface area contributed by atoms with Crippen LogP contribution in [0.3, 0.4) is 0 Å². The fourth-order valence-corrected chi connectivity index (χ4v) is 2.61. The summed E-state index contributed by atoms with van der Waals surface area (Å²) in [6, 6.07) is 8.72. The minimum atomic E-state index is 0.331. The lowest BCUT2D eigenvalue weighted by Gasteiger charge is -2.30. The SMILES string of the molecule is C[C@H]1c2ccccc2CC[C@@H]1CCO. The number of hydrogen-bond donors (Lipinski definition) is 1. The summed E-state index contributed by atoms with van der Waals surface area (Å²) >= 11 is 0. The highest BCUT2D eigenvalue weighted by Gasteiger charge is 2.24. The number of benzene rings is 1. The average molecular weight is 190 g/mol. The fraction of sp³-hybridized carbons (Fsp3) is 0.538. The van der Waals surface area contributed by atoms with Crippen LogP contribution in [0.4, 0.5) is 0 Å². The molecule has 1 aliphatic carbocycles. The van der Waals surface area contributed by atoms with E-state index >= 15 is 0 Å². The van der Waals surface area contributed by atoms with Gasteiger partial charge < -0.3 is 5.11 Å². The number of rotatable bonds is 2. The minimum absolute atomic E-state index is 0.331. The zero-order valence-corrected chi connectivity index (χ0v) is 8.74. The van der Waals surface area contributed by atoms with Gasteiger partial charge in [-0.15, -0.1) is 0 Å². The third-order valence-corrected chi connectivity index (χ3v) is 3.54. The molecule has 0 bridgehead atoms. The Bertz CT molecular complexity index is 306. The molecule has 0 aromatic heterocycles. The van der Waals surface area contributed by atoms with Crippen LogP contribution in [0, 0.1) is 5.92 Å². The highest BCUT2D eigenvalue weighted by atomic mass is 16.3. The summed E-state index contributed by atoms with van der Waals surface area (Å²) in [5.74, 6) is 1.29. The van der Waals surface area contributed by atoms with Gasteiger partial charge in [0, 0.05) is 6.61 Å². The standard InChI is InChI=1S/C13H18O/c1-10-11(8-9-14)6-7-12-4-2-3-5-13(10)12/h2-5,10-11,14H,6-9H2,1H3/t10-,11-/m1/s1. The van der Waals surface area contributed by atoms with Crippen molar-refractivity contribution in [2.75, 3.05) is 6.61 Å². The first-order valence-corrected chi connectivity index (χ1v) is 5.51. The quantitative estimate of drug-likeness (QED) is 0.760. The van der Waals surface area contributed by atoms with E-state index in [1.807, 2.05) is 0 Å². The van der Waals surface area contributed by atoms with Gasteiger partial charge in [0.1, 0.15) is 0 Å². The highest BCUT2D eigenvalue weighted by Crippen LogP contribution is 2.37. The summed E-state index contributed by atoms with van der Waals surface area (Å²) in [5, 5.41) is 8.98. The molecular weight excluding hydrogens is 172 g/mol. The van der Waals surface area contributed by atoms with Crippen LogP contribution in [0.5, 0.6) is 0 Å². The highest BCUT2D eigenvalue weighted by molar-refractivity contribution is 5.32. The molecule has 2 atom stereocenters. The molecule has 1 N–H and O–H groups in total. The lowest BCUT2D eigenvalue weighted by Crippen LogP contribution is -2.19. The van der Waals surface area contributed by atoms with Gasteiger partial charge in [-0.05, 0) is 42.2 Å². The van der Waals surface area contributed by atoms with E-state index in [1.165, 1.54) is 24.0 Å². The fourth-order valence-electron chi connectivity index (χ4n) is 2.61. The number of aryl methyl sites for hydroxylation is 1. The van der Waals surface area contributed by atoms with Gasteiger partial charge >= 0.3 is 0 Å². The van der Waals surface area contributed by atoms with Crippen LogP contribution in [0.1, 0.15) is 36.8 Å². The molecule has 1 heteroatoms. The zero-order chi connectivity index (χ0) is 9.97. The van der Waals surface area contributed by atoms with Gasteiger partial charge in [-0.25, -0.2) is 0 Å². The molecule has 1 aromatic carbocycles. The van der Waals surface area contributed by atoms with Crippen LogP contribution in [0.2, 0.25) is 0 Å². The van der Waals surface area contributed by atoms with Crippen LogP contribution in [-0.4, -0.2) is 11.7 Å². The minimum Gasteiger partial charge on any atom is -0.396 e. The van der Waals surface area contributed by atoms with Gasteiger partial charge in [0.15, 0.2) is 0 Å². The second-order valence-corrected chi connectivity index (χ2v) is 4.30. The molecule has 1 nitrogen and oxygen atoms in total. The van der Waals surface area contributed by atoms with Crippen molar-refractivity contribution in [1.29, 1.82) is 0 Å². The second-order valence-electron chi connectivity index (χ2n) is 4.30. The van der Waals surface area contributed by atoms with Gasteiger partial charge in [0.25, 0.3) is 0 Å². The maximum atomic E-state index is 8.98. The van der Waals surface area contributed by atoms with Crippen LogP contribution >= 0.6 is 0 Å². The van der Waals surface area contributed by atoms with E-state index in [1.54, 1.807) is 0 Å². The van der Waals surface area contributed by atoms with Gasteiger partial charge in [-0.2, -0.15) is 0 Å². The first kappa shape index (κ1) is 9.72. The number of aliphatic hydroxyl groups excluding tert-OH is 1. The van der Waals surface area contributed by atoms with Crippen LogP contribution in [0.25, 0.3) is 0 Å². The van der Waals surface area contributed by atoms with Gasteiger partial charge in [0.05, 0.1) is 0 Å². The second kappa shape index (κ2) is 4.14. The van der Waals surface area contributed by atoms with Crippen LogP contribution in [0.15, 0.2) is 24.3 Å². The molecule has 0 spiro atoms. The first-order chi connectivity index (χ1) is 6.83. The zero-order valence-electron chi connectivity index (χ0n) is 8.74. The Balaban J connectivity index is 2.22. The Morgan fingerprint density at radius 2 is 2.14 bits per heavy atom. The molecule has 0 unspecified atom stereocenters. The summed E-state index contributed by atoms with van der Waals surface area (Å²) in [6.45, 7) is 2.62. The van der Waals surface area contributed by atoms with Gasteiger partial charge in [0.2, 0.25) is 0 Å². The first-order valence-electron chi connectivity index (χ1n) is 5.51. The van der Waals surface area contributed by atoms with Crippen LogP contribution < -0.4 is 0 Å². The van der Waals surface area contributed by atoms with Crippen molar-refractivity contribution in [2.45, 2.75) is 32.1 Å². The molecular formula is C13H18O. The van der Waals surface area contributed by atoms with E-state index in [2.05, 4.69) is 31.2 Å². The van der Waals surface area contributed by atoms with Gasteiger partial charge in [-0.3, -0.25) is 0 Å². The summed E-state index contributed by atoms with van der Waals surface area (Å²) < 4.78 is 0. The Morgan fingerprint density at radius 1 is 1.36 bits per heavy atom. The molecule has 14 heavy (non-hydrogen) atoms. The van der Waals surface area contributed by atoms with Crippen molar-refractivity contribution < 1.29 is 5.11 Å². The summed E-state index contributed by atoms with van der Waals surface area (Å²) in [4.78, 5) is 0. The third-order valence-electron chi connectivity index (χ3n) is 3.54. The number of hydrogen-bond acceptors (Lipinski definition) is 1. The van der Waals surface area contributed by atoms with Crippen molar-refractivity contribution in [3.63, 3.8) is 0 Å². The van der Waals surface area contributed by atoms with Crippen LogP contribution in [-0.2, 0) is 6.42 Å². The molecule has 0 aliphatic heterocycles. The molecule has 1 aromatic rings. The van der Waals surface area contributed by atoms with E-state index in [9.17, 15) is 0 Å². The lowest BCUT2D eigenvalue weighted by molar-refractivity contribution is 0.234. The Labute approximate surface area is 85.8 Å². The van der Waals surface area contributed by atoms with E-state index in [4.69, 9.17) is 5.11 Å². The monoisotopic (exact) mass is 190 g/mol.